The molecule has 0 bridgehead atoms. The van der Waals surface area contributed by atoms with Crippen LogP contribution in [0.25, 0.3) is 0 Å². The van der Waals surface area contributed by atoms with Gasteiger partial charge in [0.25, 0.3) is 0 Å². The van der Waals surface area contributed by atoms with E-state index in [0.717, 1.165) is 12.1 Å². The molecule has 0 spiro atoms. The van der Waals surface area contributed by atoms with E-state index in [0.29, 0.717) is 16.9 Å². The Kier molecular flexibility index (Phi) is 5.90. The number of nitro groups is 1. The first-order valence-corrected chi connectivity index (χ1v) is 9.26. The molecule has 0 saturated carbocycles. The number of anilines is 1. The lowest BCUT2D eigenvalue weighted by atomic mass is 9.94. The lowest BCUT2D eigenvalue weighted by Crippen LogP contribution is -2.48. The molecule has 2 aromatic rings. The Morgan fingerprint density at radius 2 is 2.07 bits per heavy atom. The number of esters is 1. The summed E-state index contributed by atoms with van der Waals surface area (Å²) < 4.78 is 18.5. The summed E-state index contributed by atoms with van der Waals surface area (Å²) in [5, 5.41) is 23.9. The van der Waals surface area contributed by atoms with Crippen LogP contribution in [0.1, 0.15) is 18.5 Å². The molecule has 11 heteroatoms. The van der Waals surface area contributed by atoms with E-state index < -0.39 is 34.2 Å². The van der Waals surface area contributed by atoms with Gasteiger partial charge in [0.1, 0.15) is 5.82 Å². The highest BCUT2D eigenvalue weighted by molar-refractivity contribution is 7.80. The van der Waals surface area contributed by atoms with Gasteiger partial charge in [-0.15, -0.1) is 0 Å². The number of aromatic hydroxyl groups is 1. The summed E-state index contributed by atoms with van der Waals surface area (Å²) in [5.41, 5.74) is 0.710. The highest BCUT2D eigenvalue weighted by Gasteiger charge is 2.36. The fraction of sp³-hybridized carbons (Fsp3) is 0.158. The van der Waals surface area contributed by atoms with Crippen molar-refractivity contribution in [2.45, 2.75) is 13.0 Å². The fourth-order valence-electron chi connectivity index (χ4n) is 3.17. The fourth-order valence-corrected chi connectivity index (χ4v) is 3.70. The van der Waals surface area contributed by atoms with Crippen LogP contribution in [0.3, 0.4) is 0 Å². The molecule has 0 amide bonds. The van der Waals surface area contributed by atoms with E-state index >= 15 is 0 Å². The molecule has 1 atom stereocenters. The Hall–Kier alpha value is -3.24. The topological polar surface area (TPSA) is 105 Å². The van der Waals surface area contributed by atoms with Crippen molar-refractivity contribution in [1.82, 2.24) is 5.32 Å². The number of methoxy groups -OCH3 is 1. The number of nitro benzene ring substituents is 1. The van der Waals surface area contributed by atoms with Crippen LogP contribution in [0.4, 0.5) is 15.8 Å². The van der Waals surface area contributed by atoms with Crippen molar-refractivity contribution in [2.75, 3.05) is 12.0 Å². The quantitative estimate of drug-likeness (QED) is 0.311. The number of rotatable bonds is 4. The Morgan fingerprint density at radius 1 is 1.37 bits per heavy atom. The summed E-state index contributed by atoms with van der Waals surface area (Å²) in [6, 6.07) is 6.83. The van der Waals surface area contributed by atoms with Crippen LogP contribution in [-0.2, 0) is 9.53 Å². The second-order valence-corrected chi connectivity index (χ2v) is 7.11. The van der Waals surface area contributed by atoms with Crippen molar-refractivity contribution >= 4 is 46.3 Å². The number of carbonyl (C=O) groups excluding carboxylic acids is 1. The van der Waals surface area contributed by atoms with Gasteiger partial charge in [0.05, 0.1) is 28.7 Å². The van der Waals surface area contributed by atoms with Crippen molar-refractivity contribution in [3.05, 3.63) is 74.2 Å². The minimum Gasteiger partial charge on any atom is -0.502 e. The second kappa shape index (κ2) is 8.25. The van der Waals surface area contributed by atoms with Gasteiger partial charge in [0.15, 0.2) is 10.9 Å². The summed E-state index contributed by atoms with van der Waals surface area (Å²) in [7, 11) is 1.20. The van der Waals surface area contributed by atoms with Crippen LogP contribution in [-0.4, -0.2) is 28.2 Å². The van der Waals surface area contributed by atoms with Crippen molar-refractivity contribution in [3.63, 3.8) is 0 Å². The van der Waals surface area contributed by atoms with E-state index in [2.05, 4.69) is 5.32 Å². The van der Waals surface area contributed by atoms with Gasteiger partial charge < -0.3 is 15.2 Å². The van der Waals surface area contributed by atoms with Gasteiger partial charge in [-0.3, -0.25) is 15.0 Å². The minimum absolute atomic E-state index is 0.126. The highest BCUT2D eigenvalue weighted by Crippen LogP contribution is 2.37. The number of benzene rings is 2. The number of halogens is 2. The third kappa shape index (κ3) is 3.79. The molecule has 0 aromatic heterocycles. The van der Waals surface area contributed by atoms with Gasteiger partial charge >= 0.3 is 11.7 Å². The molecule has 0 fully saturated rings. The summed E-state index contributed by atoms with van der Waals surface area (Å²) in [4.78, 5) is 24.5. The number of nitrogens with zero attached hydrogens (tertiary/aromatic N) is 2. The predicted octanol–water partition coefficient (Wildman–Crippen LogP) is 3.98. The van der Waals surface area contributed by atoms with E-state index in [1.807, 2.05) is 0 Å². The maximum absolute atomic E-state index is 13.6. The number of carbonyl (C=O) groups is 1. The first-order chi connectivity index (χ1) is 14.1. The van der Waals surface area contributed by atoms with Crippen molar-refractivity contribution in [3.8, 4) is 5.75 Å². The molecule has 0 aliphatic carbocycles. The number of ether oxygens (including phenoxy) is 1. The average molecular weight is 452 g/mol. The number of nitrogens with one attached hydrogen (secondary N) is 1. The number of phenols is 1. The predicted molar refractivity (Wildman–Crippen MR) is 112 cm³/mol. The molecule has 2 aromatic carbocycles. The maximum Gasteiger partial charge on any atom is 0.337 e. The lowest BCUT2D eigenvalue weighted by molar-refractivity contribution is -0.385. The number of allylic oxidation sites excluding steroid dienone is 1. The standard InChI is InChI=1S/C19H15ClFN3O5S/c1-9-16(18(26)29-2)17(10-3-6-15(25)14(7-10)24(27)28)22-19(30)23(9)11-4-5-13(21)12(20)8-11/h3-8,17,25H,1-2H3,(H,22,30). The van der Waals surface area contributed by atoms with Gasteiger partial charge in [-0.2, -0.15) is 0 Å². The molecule has 1 aliphatic rings. The molecule has 2 N–H and O–H groups in total. The van der Waals surface area contributed by atoms with Crippen LogP contribution < -0.4 is 10.2 Å². The van der Waals surface area contributed by atoms with Gasteiger partial charge in [-0.1, -0.05) is 17.7 Å². The maximum atomic E-state index is 13.6. The molecule has 3 rings (SSSR count). The molecule has 1 heterocycles. The summed E-state index contributed by atoms with van der Waals surface area (Å²) in [5.74, 6) is -1.81. The molecule has 0 saturated heterocycles. The number of thiocarbonyl (C=S) groups is 1. The normalized spacial score (nSPS) is 16.3. The first kappa shape index (κ1) is 21.5. The van der Waals surface area contributed by atoms with E-state index in [-0.39, 0.29) is 15.7 Å². The highest BCUT2D eigenvalue weighted by atomic mass is 35.5. The smallest absolute Gasteiger partial charge is 0.337 e. The van der Waals surface area contributed by atoms with Gasteiger partial charge in [-0.05, 0) is 49.0 Å². The molecule has 0 radical (unpaired) electrons. The van der Waals surface area contributed by atoms with Crippen LogP contribution in [0, 0.1) is 15.9 Å². The number of phenolic OH excluding ortho intramolecular Hbond substituents is 1. The second-order valence-electron chi connectivity index (χ2n) is 6.31. The van der Waals surface area contributed by atoms with Crippen molar-refractivity contribution in [1.29, 1.82) is 0 Å². The average Bonchev–Trinajstić information content (AvgIpc) is 2.69. The zero-order chi connectivity index (χ0) is 22.2. The Bertz CT molecular complexity index is 1110. The van der Waals surface area contributed by atoms with Gasteiger partial charge in [0, 0.05) is 17.5 Å². The van der Waals surface area contributed by atoms with Gasteiger partial charge in [-0.25, -0.2) is 9.18 Å². The SMILES string of the molecule is COC(=O)C1=C(C)N(c2ccc(F)c(Cl)c2)C(=S)NC1c1ccc(O)c([N+](=O)[O-])c1. The third-order valence-corrected chi connectivity index (χ3v) is 5.17. The minimum atomic E-state index is -0.878. The van der Waals surface area contributed by atoms with Crippen LogP contribution in [0.15, 0.2) is 47.7 Å². The van der Waals surface area contributed by atoms with Gasteiger partial charge in [0.2, 0.25) is 0 Å². The van der Waals surface area contributed by atoms with Crippen LogP contribution in [0.2, 0.25) is 5.02 Å². The van der Waals surface area contributed by atoms with Crippen molar-refractivity contribution in [2.24, 2.45) is 0 Å². The van der Waals surface area contributed by atoms with Crippen molar-refractivity contribution < 1.29 is 24.0 Å². The summed E-state index contributed by atoms with van der Waals surface area (Å²) in [6.45, 7) is 1.61. The van der Waals surface area contributed by atoms with Crippen LogP contribution >= 0.6 is 23.8 Å². The molecule has 1 aliphatic heterocycles. The van der Waals surface area contributed by atoms with E-state index in [9.17, 15) is 24.4 Å². The van der Waals surface area contributed by atoms with E-state index in [4.69, 9.17) is 28.6 Å². The molecule has 8 nitrogen and oxygen atoms in total. The molecular formula is C19H15ClFN3O5S. The lowest BCUT2D eigenvalue weighted by Gasteiger charge is -2.37. The third-order valence-electron chi connectivity index (χ3n) is 4.58. The summed E-state index contributed by atoms with van der Waals surface area (Å²) in [6.07, 6.45) is 0. The molecule has 1 unspecified atom stereocenters. The first-order valence-electron chi connectivity index (χ1n) is 8.47. The van der Waals surface area contributed by atoms with E-state index in [1.165, 1.54) is 36.3 Å². The van der Waals surface area contributed by atoms with Crippen LogP contribution in [0.5, 0.6) is 5.75 Å². The Morgan fingerprint density at radius 3 is 2.67 bits per heavy atom. The Balaban J connectivity index is 2.17. The zero-order valence-corrected chi connectivity index (χ0v) is 17.3. The Labute approximate surface area is 180 Å². The van der Waals surface area contributed by atoms with E-state index in [1.54, 1.807) is 6.92 Å². The summed E-state index contributed by atoms with van der Waals surface area (Å²) >= 11 is 11.3. The zero-order valence-electron chi connectivity index (χ0n) is 15.7. The monoisotopic (exact) mass is 451 g/mol. The number of hydrogen-bond acceptors (Lipinski definition) is 6. The number of hydrogen-bond donors (Lipinski definition) is 2. The molecule has 156 valence electrons. The molecular weight excluding hydrogens is 437 g/mol. The largest absolute Gasteiger partial charge is 0.502 e. The molecule has 30 heavy (non-hydrogen) atoms.